The number of hydrogen-bond donors (Lipinski definition) is 1. The predicted octanol–water partition coefficient (Wildman–Crippen LogP) is 0.996. The first-order chi connectivity index (χ1) is 7.76. The molecule has 1 aliphatic heterocycles. The molecule has 1 aromatic rings. The summed E-state index contributed by atoms with van der Waals surface area (Å²) in [4.78, 5) is 11.6. The Morgan fingerprint density at radius 3 is 3.12 bits per heavy atom. The molecule has 0 aliphatic carbocycles. The predicted molar refractivity (Wildman–Crippen MR) is 59.8 cm³/mol. The van der Waals surface area contributed by atoms with Crippen LogP contribution in [0, 0.1) is 0 Å². The van der Waals surface area contributed by atoms with Gasteiger partial charge in [0.05, 0.1) is 6.61 Å². The molecule has 1 unspecified atom stereocenters. The molecule has 1 N–H and O–H groups in total. The molecule has 0 fully saturated rings. The second-order valence-electron chi connectivity index (χ2n) is 3.76. The number of carbonyl (C=O) groups excluding carboxylic acids is 1. The number of amides is 1. The third-order valence-corrected chi connectivity index (χ3v) is 2.68. The number of hydrogen-bond acceptors (Lipinski definition) is 3. The fourth-order valence-electron chi connectivity index (χ4n) is 1.96. The molecule has 0 saturated carbocycles. The van der Waals surface area contributed by atoms with Gasteiger partial charge >= 0.3 is 0 Å². The molecular weight excluding hydrogens is 206 g/mol. The molecule has 0 bridgehead atoms. The van der Waals surface area contributed by atoms with Crippen molar-refractivity contribution >= 4 is 5.91 Å². The number of benzene rings is 1. The number of rotatable bonds is 3. The largest absolute Gasteiger partial charge is 0.487 e. The molecule has 2 rings (SSSR count). The molecule has 1 aromatic carbocycles. The van der Waals surface area contributed by atoms with E-state index in [1.807, 2.05) is 18.2 Å². The van der Waals surface area contributed by atoms with E-state index in [2.05, 4.69) is 5.32 Å². The van der Waals surface area contributed by atoms with Gasteiger partial charge in [-0.2, -0.15) is 0 Å². The van der Waals surface area contributed by atoms with Gasteiger partial charge in [-0.25, -0.2) is 0 Å². The van der Waals surface area contributed by atoms with Gasteiger partial charge in [-0.1, -0.05) is 6.07 Å². The highest BCUT2D eigenvalue weighted by atomic mass is 16.5. The zero-order valence-corrected chi connectivity index (χ0v) is 9.45. The van der Waals surface area contributed by atoms with Crippen molar-refractivity contribution in [2.45, 2.75) is 12.5 Å². The lowest BCUT2D eigenvalue weighted by molar-refractivity contribution is 0.0948. The molecule has 4 nitrogen and oxygen atoms in total. The summed E-state index contributed by atoms with van der Waals surface area (Å²) >= 11 is 0. The average Bonchev–Trinajstić information content (AvgIpc) is 2.70. The lowest BCUT2D eigenvalue weighted by atomic mass is 10.0. The summed E-state index contributed by atoms with van der Waals surface area (Å²) < 4.78 is 10.7. The first-order valence-electron chi connectivity index (χ1n) is 5.25. The summed E-state index contributed by atoms with van der Waals surface area (Å²) in [6.45, 7) is 0.544. The van der Waals surface area contributed by atoms with Gasteiger partial charge in [-0.15, -0.1) is 0 Å². The minimum atomic E-state index is -0.0708. The van der Waals surface area contributed by atoms with Gasteiger partial charge in [-0.3, -0.25) is 4.79 Å². The number of ether oxygens (including phenoxy) is 2. The monoisotopic (exact) mass is 221 g/mol. The van der Waals surface area contributed by atoms with Crippen molar-refractivity contribution in [3.05, 3.63) is 29.3 Å². The van der Waals surface area contributed by atoms with Gasteiger partial charge in [-0.05, 0) is 12.1 Å². The maximum atomic E-state index is 11.6. The number of nitrogens with one attached hydrogen (secondary N) is 1. The Labute approximate surface area is 94.6 Å². The van der Waals surface area contributed by atoms with Crippen LogP contribution in [0.1, 0.15) is 15.9 Å². The Morgan fingerprint density at radius 1 is 1.62 bits per heavy atom. The molecule has 0 saturated heterocycles. The highest BCUT2D eigenvalue weighted by Gasteiger charge is 2.26. The Balaban J connectivity index is 2.27. The molecular formula is C12H15NO3. The lowest BCUT2D eigenvalue weighted by Crippen LogP contribution is -2.21. The summed E-state index contributed by atoms with van der Waals surface area (Å²) in [6.07, 6.45) is 0.748. The summed E-state index contributed by atoms with van der Waals surface area (Å²) in [5.41, 5.74) is 1.67. The van der Waals surface area contributed by atoms with Crippen molar-refractivity contribution in [1.29, 1.82) is 0 Å². The van der Waals surface area contributed by atoms with Crippen LogP contribution in [-0.2, 0) is 11.2 Å². The molecule has 86 valence electrons. The standard InChI is InChI=1S/C12H15NO3/c1-13-12(14)9-4-3-5-11-10(9)6-8(16-11)7-15-2/h3-5,8H,6-7H2,1-2H3,(H,13,14). The zero-order chi connectivity index (χ0) is 11.5. The van der Waals surface area contributed by atoms with Gasteiger partial charge in [0.15, 0.2) is 0 Å². The Morgan fingerprint density at radius 2 is 2.44 bits per heavy atom. The van der Waals surface area contributed by atoms with Gasteiger partial charge in [0.2, 0.25) is 0 Å². The summed E-state index contributed by atoms with van der Waals surface area (Å²) in [7, 11) is 3.27. The lowest BCUT2D eigenvalue weighted by Gasteiger charge is -2.07. The second-order valence-corrected chi connectivity index (χ2v) is 3.76. The van der Waals surface area contributed by atoms with E-state index < -0.39 is 0 Å². The third kappa shape index (κ3) is 1.88. The molecule has 0 spiro atoms. The van der Waals surface area contributed by atoms with Crippen LogP contribution in [0.15, 0.2) is 18.2 Å². The number of fused-ring (bicyclic) bond motifs is 1. The Kier molecular flexibility index (Phi) is 3.10. The van der Waals surface area contributed by atoms with Crippen LogP contribution < -0.4 is 10.1 Å². The van der Waals surface area contributed by atoms with Crippen LogP contribution in [-0.4, -0.2) is 32.8 Å². The highest BCUT2D eigenvalue weighted by molar-refractivity contribution is 5.96. The molecule has 16 heavy (non-hydrogen) atoms. The van der Waals surface area contributed by atoms with Gasteiger partial charge in [0.1, 0.15) is 11.9 Å². The van der Waals surface area contributed by atoms with E-state index >= 15 is 0 Å². The number of methoxy groups -OCH3 is 1. The van der Waals surface area contributed by atoms with E-state index in [9.17, 15) is 4.79 Å². The van der Waals surface area contributed by atoms with Crippen molar-refractivity contribution in [1.82, 2.24) is 5.32 Å². The van der Waals surface area contributed by atoms with Crippen molar-refractivity contribution in [3.63, 3.8) is 0 Å². The Hall–Kier alpha value is -1.55. The van der Waals surface area contributed by atoms with Crippen molar-refractivity contribution in [3.8, 4) is 5.75 Å². The van der Waals surface area contributed by atoms with Crippen molar-refractivity contribution in [2.75, 3.05) is 20.8 Å². The second kappa shape index (κ2) is 4.53. The van der Waals surface area contributed by atoms with Crippen LogP contribution in [0.25, 0.3) is 0 Å². The minimum Gasteiger partial charge on any atom is -0.487 e. The van der Waals surface area contributed by atoms with Crippen molar-refractivity contribution < 1.29 is 14.3 Å². The fourth-order valence-corrected chi connectivity index (χ4v) is 1.96. The molecule has 4 heteroatoms. The smallest absolute Gasteiger partial charge is 0.251 e. The molecule has 0 radical (unpaired) electrons. The maximum Gasteiger partial charge on any atom is 0.251 e. The molecule has 1 heterocycles. The summed E-state index contributed by atoms with van der Waals surface area (Å²) in [5, 5.41) is 2.63. The first kappa shape index (κ1) is 11.0. The normalized spacial score (nSPS) is 17.8. The fraction of sp³-hybridized carbons (Fsp3) is 0.417. The van der Waals surface area contributed by atoms with E-state index in [0.29, 0.717) is 12.2 Å². The van der Waals surface area contributed by atoms with Crippen LogP contribution >= 0.6 is 0 Å². The zero-order valence-electron chi connectivity index (χ0n) is 9.45. The first-order valence-corrected chi connectivity index (χ1v) is 5.25. The third-order valence-electron chi connectivity index (χ3n) is 2.68. The quantitative estimate of drug-likeness (QED) is 0.828. The summed E-state index contributed by atoms with van der Waals surface area (Å²) in [6, 6.07) is 5.53. The van der Waals surface area contributed by atoms with Gasteiger partial charge in [0, 0.05) is 31.7 Å². The van der Waals surface area contributed by atoms with E-state index in [1.165, 1.54) is 0 Å². The van der Waals surface area contributed by atoms with E-state index in [-0.39, 0.29) is 12.0 Å². The van der Waals surface area contributed by atoms with Crippen LogP contribution in [0.3, 0.4) is 0 Å². The molecule has 1 atom stereocenters. The van der Waals surface area contributed by atoms with Crippen molar-refractivity contribution in [2.24, 2.45) is 0 Å². The molecule has 1 aliphatic rings. The van der Waals surface area contributed by atoms with Crippen LogP contribution in [0.4, 0.5) is 0 Å². The average molecular weight is 221 g/mol. The number of carbonyl (C=O) groups is 1. The SMILES string of the molecule is CNC(=O)c1cccc2c1CC(COC)O2. The topological polar surface area (TPSA) is 47.6 Å². The molecule has 0 aromatic heterocycles. The van der Waals surface area contributed by atoms with E-state index in [0.717, 1.165) is 17.7 Å². The van der Waals surface area contributed by atoms with E-state index in [1.54, 1.807) is 14.2 Å². The van der Waals surface area contributed by atoms with Crippen LogP contribution in [0.5, 0.6) is 5.75 Å². The highest BCUT2D eigenvalue weighted by Crippen LogP contribution is 2.31. The van der Waals surface area contributed by atoms with Gasteiger partial charge in [0.25, 0.3) is 5.91 Å². The Bertz CT molecular complexity index is 403. The minimum absolute atomic E-state index is 0.0193. The summed E-state index contributed by atoms with van der Waals surface area (Å²) in [5.74, 6) is 0.724. The maximum absolute atomic E-state index is 11.6. The van der Waals surface area contributed by atoms with Crippen LogP contribution in [0.2, 0.25) is 0 Å². The van der Waals surface area contributed by atoms with Gasteiger partial charge < -0.3 is 14.8 Å². The molecule has 1 amide bonds. The van der Waals surface area contributed by atoms with E-state index in [4.69, 9.17) is 9.47 Å².